The molecule has 0 unspecified atom stereocenters. The van der Waals surface area contributed by atoms with E-state index in [1.807, 2.05) is 29.9 Å². The number of hydrogen-bond donors (Lipinski definition) is 0. The molecule has 0 spiro atoms. The number of pyridine rings is 2. The van der Waals surface area contributed by atoms with Crippen LogP contribution in [0.4, 0.5) is 0 Å². The highest BCUT2D eigenvalue weighted by Gasteiger charge is 2.14. The fourth-order valence-electron chi connectivity index (χ4n) is 2.26. The smallest absolute Gasteiger partial charge is 0.0963 e. The molecular formula is C14H14N4. The van der Waals surface area contributed by atoms with E-state index in [-0.39, 0.29) is 0 Å². The third-order valence-electron chi connectivity index (χ3n) is 3.08. The Morgan fingerprint density at radius 3 is 2.83 bits per heavy atom. The van der Waals surface area contributed by atoms with Crippen molar-refractivity contribution in [2.24, 2.45) is 0 Å². The monoisotopic (exact) mass is 238 g/mol. The zero-order valence-electron chi connectivity index (χ0n) is 10.5. The summed E-state index contributed by atoms with van der Waals surface area (Å²) in [6, 6.07) is 5.95. The fraction of sp³-hybridized carbons (Fsp3) is 0.214. The van der Waals surface area contributed by atoms with E-state index in [9.17, 15) is 0 Å². The van der Waals surface area contributed by atoms with Gasteiger partial charge in [-0.15, -0.1) is 0 Å². The minimum Gasteiger partial charge on any atom is -0.264 e. The first-order chi connectivity index (χ1) is 8.81. The molecule has 3 heterocycles. The van der Waals surface area contributed by atoms with E-state index in [0.717, 1.165) is 34.4 Å². The van der Waals surface area contributed by atoms with Crippen molar-refractivity contribution in [3.8, 4) is 11.3 Å². The molecule has 0 bridgehead atoms. The van der Waals surface area contributed by atoms with Gasteiger partial charge in [0, 0.05) is 41.8 Å². The van der Waals surface area contributed by atoms with Gasteiger partial charge in [0.1, 0.15) is 0 Å². The molecule has 3 rings (SSSR count). The van der Waals surface area contributed by atoms with Crippen molar-refractivity contribution >= 4 is 10.9 Å². The Labute approximate surface area is 105 Å². The second-order valence-electron chi connectivity index (χ2n) is 4.20. The van der Waals surface area contributed by atoms with Crippen molar-refractivity contribution in [2.45, 2.75) is 20.4 Å². The van der Waals surface area contributed by atoms with Crippen LogP contribution in [0.1, 0.15) is 12.6 Å². The largest absolute Gasteiger partial charge is 0.264 e. The van der Waals surface area contributed by atoms with Crippen LogP contribution in [0.25, 0.3) is 22.2 Å². The fourth-order valence-corrected chi connectivity index (χ4v) is 2.26. The summed E-state index contributed by atoms with van der Waals surface area (Å²) in [5, 5.41) is 5.74. The zero-order chi connectivity index (χ0) is 12.5. The van der Waals surface area contributed by atoms with Crippen molar-refractivity contribution in [3.05, 3.63) is 42.5 Å². The number of aromatic nitrogens is 4. The van der Waals surface area contributed by atoms with E-state index in [4.69, 9.17) is 0 Å². The van der Waals surface area contributed by atoms with E-state index in [2.05, 4.69) is 28.1 Å². The average molecular weight is 238 g/mol. The van der Waals surface area contributed by atoms with E-state index in [1.54, 1.807) is 12.4 Å². The standard InChI is InChI=1S/C14H14N4/c1-3-18-14(11-5-4-7-15-9-11)13-10(2)16-8-6-12(13)17-18/h4-9H,3H2,1-2H3. The molecule has 90 valence electrons. The van der Waals surface area contributed by atoms with Gasteiger partial charge in [0.25, 0.3) is 0 Å². The van der Waals surface area contributed by atoms with Gasteiger partial charge in [-0.3, -0.25) is 14.6 Å². The van der Waals surface area contributed by atoms with Gasteiger partial charge in [-0.2, -0.15) is 5.10 Å². The number of nitrogens with zero attached hydrogens (tertiary/aromatic N) is 4. The minimum absolute atomic E-state index is 0.832. The molecule has 0 aliphatic carbocycles. The molecule has 0 amide bonds. The maximum atomic E-state index is 4.62. The Morgan fingerprint density at radius 2 is 2.11 bits per heavy atom. The van der Waals surface area contributed by atoms with Crippen LogP contribution in [0.3, 0.4) is 0 Å². The van der Waals surface area contributed by atoms with E-state index < -0.39 is 0 Å². The average Bonchev–Trinajstić information content (AvgIpc) is 2.79. The molecule has 4 nitrogen and oxygen atoms in total. The van der Waals surface area contributed by atoms with Gasteiger partial charge in [-0.25, -0.2) is 0 Å². The highest BCUT2D eigenvalue weighted by atomic mass is 15.3. The van der Waals surface area contributed by atoms with Gasteiger partial charge in [-0.05, 0) is 32.0 Å². The van der Waals surface area contributed by atoms with Crippen LogP contribution in [-0.2, 0) is 6.54 Å². The molecule has 18 heavy (non-hydrogen) atoms. The molecule has 0 atom stereocenters. The van der Waals surface area contributed by atoms with Crippen LogP contribution in [0.5, 0.6) is 0 Å². The summed E-state index contributed by atoms with van der Waals surface area (Å²) in [5.41, 5.74) is 4.18. The lowest BCUT2D eigenvalue weighted by Crippen LogP contribution is -1.99. The van der Waals surface area contributed by atoms with Crippen molar-refractivity contribution in [1.29, 1.82) is 0 Å². The molecule has 0 N–H and O–H groups in total. The Hall–Kier alpha value is -2.23. The van der Waals surface area contributed by atoms with Gasteiger partial charge in [0.15, 0.2) is 0 Å². The van der Waals surface area contributed by atoms with Crippen molar-refractivity contribution in [1.82, 2.24) is 19.7 Å². The number of fused-ring (bicyclic) bond motifs is 1. The third kappa shape index (κ3) is 1.57. The number of rotatable bonds is 2. The number of hydrogen-bond acceptors (Lipinski definition) is 3. The SMILES string of the molecule is CCn1nc2ccnc(C)c2c1-c1cccnc1. The molecule has 4 heteroatoms. The Morgan fingerprint density at radius 1 is 1.22 bits per heavy atom. The second kappa shape index (κ2) is 4.22. The molecular weight excluding hydrogens is 224 g/mol. The summed E-state index contributed by atoms with van der Waals surface area (Å²) in [6.07, 6.45) is 5.45. The normalized spacial score (nSPS) is 11.0. The molecule has 3 aromatic heterocycles. The minimum atomic E-state index is 0.832. The quantitative estimate of drug-likeness (QED) is 0.689. The maximum absolute atomic E-state index is 4.62. The summed E-state index contributed by atoms with van der Waals surface area (Å²) >= 11 is 0. The van der Waals surface area contributed by atoms with Crippen LogP contribution in [0.15, 0.2) is 36.8 Å². The summed E-state index contributed by atoms with van der Waals surface area (Å²) in [5.74, 6) is 0. The van der Waals surface area contributed by atoms with E-state index in [0.29, 0.717) is 0 Å². The molecule has 3 aromatic rings. The summed E-state index contributed by atoms with van der Waals surface area (Å²) in [7, 11) is 0. The molecule has 0 fully saturated rings. The summed E-state index contributed by atoms with van der Waals surface area (Å²) < 4.78 is 2.01. The van der Waals surface area contributed by atoms with Crippen LogP contribution >= 0.6 is 0 Å². The van der Waals surface area contributed by atoms with Crippen LogP contribution in [-0.4, -0.2) is 19.7 Å². The lowest BCUT2D eigenvalue weighted by Gasteiger charge is -2.05. The van der Waals surface area contributed by atoms with Gasteiger partial charge >= 0.3 is 0 Å². The highest BCUT2D eigenvalue weighted by Crippen LogP contribution is 2.29. The van der Waals surface area contributed by atoms with Crippen molar-refractivity contribution in [3.63, 3.8) is 0 Å². The van der Waals surface area contributed by atoms with Gasteiger partial charge < -0.3 is 0 Å². The molecule has 0 saturated heterocycles. The first kappa shape index (κ1) is 10.9. The Balaban J connectivity index is 2.39. The van der Waals surface area contributed by atoms with Crippen LogP contribution in [0.2, 0.25) is 0 Å². The first-order valence-electron chi connectivity index (χ1n) is 6.03. The molecule has 0 aliphatic heterocycles. The predicted octanol–water partition coefficient (Wildman–Crippen LogP) is 2.82. The Kier molecular flexibility index (Phi) is 2.55. The predicted molar refractivity (Wildman–Crippen MR) is 71.2 cm³/mol. The topological polar surface area (TPSA) is 43.6 Å². The molecule has 0 saturated carbocycles. The van der Waals surface area contributed by atoms with Crippen LogP contribution in [0, 0.1) is 6.92 Å². The number of aryl methyl sites for hydroxylation is 2. The highest BCUT2D eigenvalue weighted by molar-refractivity contribution is 5.94. The van der Waals surface area contributed by atoms with Gasteiger partial charge in [-0.1, -0.05) is 0 Å². The Bertz CT molecular complexity index is 686. The third-order valence-corrected chi connectivity index (χ3v) is 3.08. The van der Waals surface area contributed by atoms with Gasteiger partial charge in [0.05, 0.1) is 11.2 Å². The summed E-state index contributed by atoms with van der Waals surface area (Å²) in [4.78, 5) is 8.56. The van der Waals surface area contributed by atoms with E-state index in [1.165, 1.54) is 0 Å². The van der Waals surface area contributed by atoms with Crippen LogP contribution < -0.4 is 0 Å². The molecule has 0 aromatic carbocycles. The summed E-state index contributed by atoms with van der Waals surface area (Å²) in [6.45, 7) is 4.94. The first-order valence-corrected chi connectivity index (χ1v) is 6.03. The van der Waals surface area contributed by atoms with Crippen molar-refractivity contribution in [2.75, 3.05) is 0 Å². The lowest BCUT2D eigenvalue weighted by atomic mass is 10.1. The zero-order valence-corrected chi connectivity index (χ0v) is 10.5. The molecule has 0 radical (unpaired) electrons. The maximum Gasteiger partial charge on any atom is 0.0963 e. The van der Waals surface area contributed by atoms with E-state index >= 15 is 0 Å². The second-order valence-corrected chi connectivity index (χ2v) is 4.20. The lowest BCUT2D eigenvalue weighted by molar-refractivity contribution is 0.675. The van der Waals surface area contributed by atoms with Gasteiger partial charge in [0.2, 0.25) is 0 Å². The van der Waals surface area contributed by atoms with Crippen molar-refractivity contribution < 1.29 is 0 Å². The molecule has 0 aliphatic rings.